The molecule has 1 aromatic carbocycles. The van der Waals surface area contributed by atoms with Crippen LogP contribution in [-0.4, -0.2) is 35.2 Å². The van der Waals surface area contributed by atoms with E-state index in [9.17, 15) is 9.59 Å². The Bertz CT molecular complexity index is 658. The lowest BCUT2D eigenvalue weighted by molar-refractivity contribution is 0.0922. The molecule has 0 unspecified atom stereocenters. The number of benzene rings is 1. The van der Waals surface area contributed by atoms with Crippen LogP contribution in [0.15, 0.2) is 33.4 Å². The summed E-state index contributed by atoms with van der Waals surface area (Å²) in [5, 5.41) is 11.9. The van der Waals surface area contributed by atoms with Crippen molar-refractivity contribution in [2.24, 2.45) is 0 Å². The van der Waals surface area contributed by atoms with E-state index >= 15 is 0 Å². The van der Waals surface area contributed by atoms with Crippen LogP contribution in [-0.2, 0) is 0 Å². The van der Waals surface area contributed by atoms with Crippen molar-refractivity contribution >= 4 is 33.6 Å². The number of aromatic nitrogens is 2. The second-order valence-electron chi connectivity index (χ2n) is 4.02. The van der Waals surface area contributed by atoms with Gasteiger partial charge in [-0.25, -0.2) is 4.63 Å². The lowest BCUT2D eigenvalue weighted by Crippen LogP contribution is -2.35. The molecule has 1 aromatic heterocycles. The summed E-state index contributed by atoms with van der Waals surface area (Å²) in [6, 6.07) is 6.99. The molecular formula is C12H12BrN5O3. The van der Waals surface area contributed by atoms with Gasteiger partial charge in [0.05, 0.1) is 0 Å². The van der Waals surface area contributed by atoms with E-state index in [0.29, 0.717) is 5.56 Å². The zero-order valence-corrected chi connectivity index (χ0v) is 12.4. The van der Waals surface area contributed by atoms with Crippen molar-refractivity contribution in [2.45, 2.75) is 0 Å². The molecule has 2 amide bonds. The van der Waals surface area contributed by atoms with Crippen molar-refractivity contribution in [3.05, 3.63) is 40.0 Å². The number of nitrogen functional groups attached to an aromatic ring is 1. The predicted molar refractivity (Wildman–Crippen MR) is 77.5 cm³/mol. The number of amides is 2. The van der Waals surface area contributed by atoms with Gasteiger partial charge in [0, 0.05) is 23.1 Å². The Hall–Kier alpha value is -2.42. The summed E-state index contributed by atoms with van der Waals surface area (Å²) in [6.45, 7) is 0.493. The van der Waals surface area contributed by atoms with Gasteiger partial charge in [-0.05, 0) is 28.5 Å². The maximum Gasteiger partial charge on any atom is 0.277 e. The van der Waals surface area contributed by atoms with Crippen LogP contribution in [0, 0.1) is 0 Å². The fraction of sp³-hybridized carbons (Fsp3) is 0.167. The van der Waals surface area contributed by atoms with Gasteiger partial charge in [-0.15, -0.1) is 0 Å². The van der Waals surface area contributed by atoms with Crippen molar-refractivity contribution in [2.75, 3.05) is 18.8 Å². The summed E-state index contributed by atoms with van der Waals surface area (Å²) in [7, 11) is 0. The summed E-state index contributed by atoms with van der Waals surface area (Å²) >= 11 is 3.29. The van der Waals surface area contributed by atoms with Gasteiger partial charge < -0.3 is 16.4 Å². The number of rotatable bonds is 5. The molecule has 0 saturated carbocycles. The van der Waals surface area contributed by atoms with E-state index in [1.54, 1.807) is 18.2 Å². The first-order valence-electron chi connectivity index (χ1n) is 5.98. The smallest absolute Gasteiger partial charge is 0.277 e. The van der Waals surface area contributed by atoms with E-state index in [1.165, 1.54) is 0 Å². The molecule has 0 saturated heterocycles. The number of nitrogens with one attached hydrogen (secondary N) is 2. The summed E-state index contributed by atoms with van der Waals surface area (Å²) in [5.41, 5.74) is 5.83. The number of anilines is 1. The third-order valence-electron chi connectivity index (χ3n) is 2.51. The molecule has 21 heavy (non-hydrogen) atoms. The van der Waals surface area contributed by atoms with E-state index in [4.69, 9.17) is 5.73 Å². The van der Waals surface area contributed by atoms with Gasteiger partial charge in [0.2, 0.25) is 11.5 Å². The minimum atomic E-state index is -0.509. The number of nitrogens with two attached hydrogens (primary N) is 1. The average Bonchev–Trinajstić information content (AvgIpc) is 2.89. The zero-order valence-electron chi connectivity index (χ0n) is 10.8. The highest BCUT2D eigenvalue weighted by Gasteiger charge is 2.15. The van der Waals surface area contributed by atoms with Crippen molar-refractivity contribution < 1.29 is 14.2 Å². The fourth-order valence-electron chi connectivity index (χ4n) is 1.52. The highest BCUT2D eigenvalue weighted by atomic mass is 79.9. The normalized spacial score (nSPS) is 10.1. The summed E-state index contributed by atoms with van der Waals surface area (Å²) < 4.78 is 5.14. The van der Waals surface area contributed by atoms with Crippen molar-refractivity contribution in [3.8, 4) is 0 Å². The van der Waals surface area contributed by atoms with Gasteiger partial charge in [-0.2, -0.15) is 0 Å². The Morgan fingerprint density at radius 2 is 1.90 bits per heavy atom. The minimum Gasteiger partial charge on any atom is -0.379 e. The van der Waals surface area contributed by atoms with Gasteiger partial charge in [-0.3, -0.25) is 9.59 Å². The first kappa shape index (κ1) is 15.0. The molecule has 2 aromatic rings. The van der Waals surface area contributed by atoms with Gasteiger partial charge in [0.1, 0.15) is 0 Å². The third-order valence-corrected chi connectivity index (χ3v) is 3.01. The van der Waals surface area contributed by atoms with E-state index in [0.717, 1.165) is 4.47 Å². The first-order chi connectivity index (χ1) is 10.1. The Morgan fingerprint density at radius 1 is 1.19 bits per heavy atom. The van der Waals surface area contributed by atoms with Crippen LogP contribution in [0.4, 0.5) is 5.82 Å². The Morgan fingerprint density at radius 3 is 2.52 bits per heavy atom. The topological polar surface area (TPSA) is 123 Å². The van der Waals surface area contributed by atoms with Gasteiger partial charge >= 0.3 is 0 Å². The maximum atomic E-state index is 11.8. The second-order valence-corrected chi connectivity index (χ2v) is 4.94. The summed E-state index contributed by atoms with van der Waals surface area (Å²) in [4.78, 5) is 23.4. The molecular weight excluding hydrogens is 342 g/mol. The molecule has 0 fully saturated rings. The monoisotopic (exact) mass is 353 g/mol. The maximum absolute atomic E-state index is 11.8. The van der Waals surface area contributed by atoms with Crippen LogP contribution in [0.5, 0.6) is 0 Å². The molecule has 0 spiro atoms. The number of hydrogen-bond acceptors (Lipinski definition) is 6. The molecule has 4 N–H and O–H groups in total. The lowest BCUT2D eigenvalue weighted by Gasteiger charge is -2.06. The van der Waals surface area contributed by atoms with E-state index in [-0.39, 0.29) is 30.5 Å². The zero-order chi connectivity index (χ0) is 15.2. The number of nitrogens with zero attached hydrogens (tertiary/aromatic N) is 2. The summed E-state index contributed by atoms with van der Waals surface area (Å²) in [5.74, 6) is -0.815. The third kappa shape index (κ3) is 4.02. The van der Waals surface area contributed by atoms with Crippen LogP contribution < -0.4 is 16.4 Å². The molecule has 0 atom stereocenters. The molecule has 1 heterocycles. The number of hydrogen-bond donors (Lipinski definition) is 3. The Labute approximate surface area is 128 Å². The standard InChI is InChI=1S/C12H12BrN5O3/c13-8-3-1-2-7(6-8)11(19)15-4-5-16-12(20)9-10(14)18-21-17-9/h1-3,6H,4-5H2,(H2,14,18)(H,15,19)(H,16,20). The quantitative estimate of drug-likeness (QED) is 0.675. The fourth-order valence-corrected chi connectivity index (χ4v) is 1.92. The van der Waals surface area contributed by atoms with Gasteiger partial charge in [0.15, 0.2) is 0 Å². The molecule has 9 heteroatoms. The predicted octanol–water partition coefficient (Wildman–Crippen LogP) is 0.574. The van der Waals surface area contributed by atoms with Gasteiger partial charge in [-0.1, -0.05) is 22.0 Å². The Balaban J connectivity index is 1.76. The second kappa shape index (κ2) is 6.84. The highest BCUT2D eigenvalue weighted by molar-refractivity contribution is 9.10. The highest BCUT2D eigenvalue weighted by Crippen LogP contribution is 2.11. The molecule has 0 aliphatic heterocycles. The molecule has 0 aliphatic carbocycles. The van der Waals surface area contributed by atoms with Crippen molar-refractivity contribution in [1.29, 1.82) is 0 Å². The molecule has 0 radical (unpaired) electrons. The van der Waals surface area contributed by atoms with Crippen molar-refractivity contribution in [3.63, 3.8) is 0 Å². The number of carbonyl (C=O) groups excluding carboxylic acids is 2. The lowest BCUT2D eigenvalue weighted by atomic mass is 10.2. The van der Waals surface area contributed by atoms with E-state index < -0.39 is 5.91 Å². The molecule has 110 valence electrons. The molecule has 0 bridgehead atoms. The summed E-state index contributed by atoms with van der Waals surface area (Å²) in [6.07, 6.45) is 0. The van der Waals surface area contributed by atoms with Gasteiger partial charge in [0.25, 0.3) is 11.8 Å². The van der Waals surface area contributed by atoms with Crippen LogP contribution >= 0.6 is 15.9 Å². The van der Waals surface area contributed by atoms with E-state index in [2.05, 4.69) is 41.5 Å². The SMILES string of the molecule is Nc1nonc1C(=O)NCCNC(=O)c1cccc(Br)c1. The first-order valence-corrected chi connectivity index (χ1v) is 6.77. The van der Waals surface area contributed by atoms with Crippen LogP contribution in [0.25, 0.3) is 0 Å². The average molecular weight is 354 g/mol. The minimum absolute atomic E-state index is 0.0756. The molecule has 2 rings (SSSR count). The van der Waals surface area contributed by atoms with Crippen molar-refractivity contribution in [1.82, 2.24) is 20.9 Å². The Kier molecular flexibility index (Phi) is 4.88. The van der Waals surface area contributed by atoms with E-state index in [1.807, 2.05) is 6.07 Å². The molecule has 8 nitrogen and oxygen atoms in total. The number of carbonyl (C=O) groups is 2. The van der Waals surface area contributed by atoms with Crippen LogP contribution in [0.1, 0.15) is 20.8 Å². The van der Waals surface area contributed by atoms with Crippen LogP contribution in [0.2, 0.25) is 0 Å². The number of halogens is 1. The molecule has 0 aliphatic rings. The van der Waals surface area contributed by atoms with Crippen LogP contribution in [0.3, 0.4) is 0 Å². The largest absolute Gasteiger partial charge is 0.379 e.